The van der Waals surface area contributed by atoms with E-state index in [1.807, 2.05) is 0 Å². The number of nitrogens with zero attached hydrogens (tertiary/aromatic N) is 2. The van der Waals surface area contributed by atoms with Gasteiger partial charge in [0, 0.05) is 33.1 Å². The van der Waals surface area contributed by atoms with E-state index in [0.717, 1.165) is 6.07 Å². The number of nitrogens with one attached hydrogen (secondary N) is 1. The van der Waals surface area contributed by atoms with Crippen molar-refractivity contribution >= 4 is 40.5 Å². The molecule has 0 radical (unpaired) electrons. The fourth-order valence-electron chi connectivity index (χ4n) is 3.12. The highest BCUT2D eigenvalue weighted by Gasteiger charge is 2.36. The van der Waals surface area contributed by atoms with Gasteiger partial charge in [0.15, 0.2) is 0 Å². The van der Waals surface area contributed by atoms with Crippen LogP contribution in [0, 0.1) is 17.6 Å². The topological polar surface area (TPSA) is 52.7 Å². The molecule has 27 heavy (non-hydrogen) atoms. The number of anilines is 3. The van der Waals surface area contributed by atoms with Crippen molar-refractivity contribution in [3.8, 4) is 0 Å². The Hall–Kier alpha value is -2.67. The molecule has 1 saturated heterocycles. The predicted octanol–water partition coefficient (Wildman–Crippen LogP) is 3.68. The van der Waals surface area contributed by atoms with Gasteiger partial charge in [-0.15, -0.1) is 0 Å². The number of rotatable bonds is 4. The number of para-hydroxylation sites is 1. The van der Waals surface area contributed by atoms with Gasteiger partial charge in [-0.1, -0.05) is 17.7 Å². The summed E-state index contributed by atoms with van der Waals surface area (Å²) >= 11 is 6.20. The maximum atomic E-state index is 14.0. The Kier molecular flexibility index (Phi) is 5.32. The molecule has 142 valence electrons. The Bertz CT molecular complexity index is 905. The first-order chi connectivity index (χ1) is 12.8. The minimum atomic E-state index is -0.839. The van der Waals surface area contributed by atoms with Gasteiger partial charge >= 0.3 is 0 Å². The number of hydrogen-bond donors (Lipinski definition) is 1. The smallest absolute Gasteiger partial charge is 0.229 e. The second-order valence-electron chi connectivity index (χ2n) is 6.52. The van der Waals surface area contributed by atoms with Gasteiger partial charge in [-0.3, -0.25) is 9.59 Å². The van der Waals surface area contributed by atoms with Crippen molar-refractivity contribution in [1.29, 1.82) is 0 Å². The van der Waals surface area contributed by atoms with Crippen molar-refractivity contribution in [2.45, 2.75) is 6.42 Å². The highest BCUT2D eigenvalue weighted by atomic mass is 35.5. The fourth-order valence-corrected chi connectivity index (χ4v) is 3.47. The molecule has 0 saturated carbocycles. The van der Waals surface area contributed by atoms with Crippen molar-refractivity contribution in [2.75, 3.05) is 35.8 Å². The average molecular weight is 394 g/mol. The molecule has 1 fully saturated rings. The van der Waals surface area contributed by atoms with Crippen molar-refractivity contribution < 1.29 is 18.4 Å². The summed E-state index contributed by atoms with van der Waals surface area (Å²) in [4.78, 5) is 27.9. The Balaban J connectivity index is 1.78. The summed E-state index contributed by atoms with van der Waals surface area (Å²) in [5.74, 6) is -2.97. The molecule has 2 aromatic rings. The van der Waals surface area contributed by atoms with Gasteiger partial charge in [-0.2, -0.15) is 0 Å². The fraction of sp³-hybridized carbons (Fsp3) is 0.263. The van der Waals surface area contributed by atoms with Gasteiger partial charge in [0.05, 0.1) is 28.0 Å². The maximum absolute atomic E-state index is 14.0. The summed E-state index contributed by atoms with van der Waals surface area (Å²) < 4.78 is 27.1. The van der Waals surface area contributed by atoms with Crippen LogP contribution in [0.25, 0.3) is 0 Å². The molecule has 0 aliphatic carbocycles. The van der Waals surface area contributed by atoms with Crippen LogP contribution in [0.2, 0.25) is 5.02 Å². The number of carbonyl (C=O) groups is 2. The molecule has 2 aromatic carbocycles. The zero-order chi connectivity index (χ0) is 19.7. The Morgan fingerprint density at radius 2 is 2.00 bits per heavy atom. The number of hydrogen-bond acceptors (Lipinski definition) is 3. The SMILES string of the molecule is CN(C)c1c(Cl)cccc1NC(=O)C1CC(=O)N(c2ccc(F)cc2F)C1. The third-order valence-electron chi connectivity index (χ3n) is 4.39. The molecule has 2 amide bonds. The van der Waals surface area contributed by atoms with E-state index in [1.54, 1.807) is 37.2 Å². The molecule has 3 rings (SSSR count). The standard InChI is InChI=1S/C19H18ClF2N3O2/c1-24(2)18-13(20)4-3-5-15(18)23-19(27)11-8-17(26)25(10-11)16-7-6-12(21)9-14(16)22/h3-7,9,11H,8,10H2,1-2H3,(H,23,27). The highest BCUT2D eigenvalue weighted by Crippen LogP contribution is 2.34. The van der Waals surface area contributed by atoms with E-state index in [-0.39, 0.29) is 30.5 Å². The lowest BCUT2D eigenvalue weighted by Crippen LogP contribution is -2.29. The molecule has 8 heteroatoms. The van der Waals surface area contributed by atoms with Crippen LogP contribution in [0.15, 0.2) is 36.4 Å². The molecule has 1 atom stereocenters. The Labute approximate surface area is 160 Å². The van der Waals surface area contributed by atoms with Crippen LogP contribution < -0.4 is 15.1 Å². The van der Waals surface area contributed by atoms with Crippen molar-refractivity contribution in [3.63, 3.8) is 0 Å². The van der Waals surface area contributed by atoms with Crippen LogP contribution in [0.1, 0.15) is 6.42 Å². The lowest BCUT2D eigenvalue weighted by atomic mass is 10.1. The highest BCUT2D eigenvalue weighted by molar-refractivity contribution is 6.34. The van der Waals surface area contributed by atoms with E-state index in [0.29, 0.717) is 22.5 Å². The molecule has 1 heterocycles. The Morgan fingerprint density at radius 1 is 1.26 bits per heavy atom. The monoisotopic (exact) mass is 393 g/mol. The molecule has 0 spiro atoms. The first kappa shape index (κ1) is 19.1. The van der Waals surface area contributed by atoms with Crippen LogP contribution in [-0.2, 0) is 9.59 Å². The summed E-state index contributed by atoms with van der Waals surface area (Å²) in [6, 6.07) is 8.13. The maximum Gasteiger partial charge on any atom is 0.229 e. The zero-order valence-corrected chi connectivity index (χ0v) is 15.6. The van der Waals surface area contributed by atoms with Crippen LogP contribution in [0.3, 0.4) is 0 Å². The van der Waals surface area contributed by atoms with Crippen molar-refractivity contribution in [1.82, 2.24) is 0 Å². The minimum Gasteiger partial charge on any atom is -0.375 e. The lowest BCUT2D eigenvalue weighted by Gasteiger charge is -2.21. The van der Waals surface area contributed by atoms with E-state index < -0.39 is 17.6 Å². The molecular weight excluding hydrogens is 376 g/mol. The number of amides is 2. The molecule has 1 unspecified atom stereocenters. The molecule has 5 nitrogen and oxygen atoms in total. The number of halogens is 3. The van der Waals surface area contributed by atoms with Crippen LogP contribution >= 0.6 is 11.6 Å². The summed E-state index contributed by atoms with van der Waals surface area (Å²) in [7, 11) is 3.60. The normalized spacial score (nSPS) is 16.6. The van der Waals surface area contributed by atoms with E-state index in [1.165, 1.54) is 11.0 Å². The van der Waals surface area contributed by atoms with Gasteiger partial charge in [0.1, 0.15) is 11.6 Å². The summed E-state index contributed by atoms with van der Waals surface area (Å²) in [5, 5.41) is 3.28. The second-order valence-corrected chi connectivity index (χ2v) is 6.93. The number of benzene rings is 2. The third-order valence-corrected chi connectivity index (χ3v) is 4.69. The minimum absolute atomic E-state index is 0.0189. The van der Waals surface area contributed by atoms with Crippen LogP contribution in [0.5, 0.6) is 0 Å². The Morgan fingerprint density at radius 3 is 2.67 bits per heavy atom. The average Bonchev–Trinajstić information content (AvgIpc) is 2.96. The molecule has 1 aliphatic heterocycles. The van der Waals surface area contributed by atoms with E-state index >= 15 is 0 Å². The van der Waals surface area contributed by atoms with Crippen LogP contribution in [0.4, 0.5) is 25.8 Å². The summed E-state index contributed by atoms with van der Waals surface area (Å²) in [6.45, 7) is 0.0189. The third kappa shape index (κ3) is 3.88. The summed E-state index contributed by atoms with van der Waals surface area (Å²) in [5.41, 5.74) is 1.14. The van der Waals surface area contributed by atoms with Gasteiger partial charge in [-0.05, 0) is 24.3 Å². The first-order valence-corrected chi connectivity index (χ1v) is 8.68. The first-order valence-electron chi connectivity index (χ1n) is 8.30. The zero-order valence-electron chi connectivity index (χ0n) is 14.8. The van der Waals surface area contributed by atoms with Crippen LogP contribution in [-0.4, -0.2) is 32.5 Å². The lowest BCUT2D eigenvalue weighted by molar-refractivity contribution is -0.122. The molecule has 0 bridgehead atoms. The quantitative estimate of drug-likeness (QED) is 0.862. The van der Waals surface area contributed by atoms with Crippen molar-refractivity contribution in [2.24, 2.45) is 5.92 Å². The molecular formula is C19H18ClF2N3O2. The van der Waals surface area contributed by atoms with E-state index in [4.69, 9.17) is 11.6 Å². The molecule has 0 aromatic heterocycles. The van der Waals surface area contributed by atoms with Gasteiger partial charge in [0.25, 0.3) is 0 Å². The number of carbonyl (C=O) groups excluding carboxylic acids is 2. The van der Waals surface area contributed by atoms with Gasteiger partial charge in [-0.25, -0.2) is 8.78 Å². The molecule has 1 aliphatic rings. The predicted molar refractivity (Wildman–Crippen MR) is 101 cm³/mol. The molecule has 1 N–H and O–H groups in total. The largest absolute Gasteiger partial charge is 0.375 e. The van der Waals surface area contributed by atoms with Crippen molar-refractivity contribution in [3.05, 3.63) is 53.1 Å². The van der Waals surface area contributed by atoms with E-state index in [2.05, 4.69) is 5.32 Å². The van der Waals surface area contributed by atoms with Gasteiger partial charge in [0.2, 0.25) is 11.8 Å². The van der Waals surface area contributed by atoms with E-state index in [9.17, 15) is 18.4 Å². The van der Waals surface area contributed by atoms with Gasteiger partial charge < -0.3 is 15.1 Å². The summed E-state index contributed by atoms with van der Waals surface area (Å²) in [6.07, 6.45) is -0.0550. The second kappa shape index (κ2) is 7.52.